The summed E-state index contributed by atoms with van der Waals surface area (Å²) in [6.07, 6.45) is 20.0. The Morgan fingerprint density at radius 2 is 0.925 bits per heavy atom. The molecule has 0 aliphatic carbocycles. The molecule has 0 aromatic heterocycles. The number of hydrogen-bond donors (Lipinski definition) is 11. The predicted molar refractivity (Wildman–Crippen MR) is 398 cm³/mol. The van der Waals surface area contributed by atoms with Crippen LogP contribution in [0.15, 0.2) is 29.3 Å². The number of carboxylic acids is 1. The molecule has 4 atom stereocenters. The number of carboxylic acid groups (broad SMARTS) is 1. The molecule has 0 heterocycles. The molecular formula is C74H129N11O21. The average Bonchev–Trinajstić information content (AvgIpc) is 0.843. The number of nitrogens with zero attached hydrogens (tertiary/aromatic N) is 2. The molecular weight excluding hydrogens is 1380 g/mol. The number of unbranched alkanes of at least 4 members (excludes halogenated alkanes) is 14. The lowest BCUT2D eigenvalue weighted by atomic mass is 9.91. The minimum absolute atomic E-state index is 0.0512. The van der Waals surface area contributed by atoms with Crippen molar-refractivity contribution < 1.29 is 101 Å². The fourth-order valence-electron chi connectivity index (χ4n) is 10.9. The van der Waals surface area contributed by atoms with E-state index in [0.29, 0.717) is 63.7 Å². The molecule has 6 amide bonds. The van der Waals surface area contributed by atoms with Gasteiger partial charge in [-0.2, -0.15) is 0 Å². The Balaban J connectivity index is 1.98. The van der Waals surface area contributed by atoms with Crippen LogP contribution in [0.1, 0.15) is 179 Å². The van der Waals surface area contributed by atoms with Crippen molar-refractivity contribution in [3.63, 3.8) is 0 Å². The lowest BCUT2D eigenvalue weighted by molar-refractivity contribution is -0.137. The zero-order chi connectivity index (χ0) is 78.1. The van der Waals surface area contributed by atoms with Crippen LogP contribution in [-0.2, 0) is 97.1 Å². The fraction of sp³-hybridized carbons (Fsp3) is 0.757. The summed E-state index contributed by atoms with van der Waals surface area (Å²) in [5.41, 5.74) is 17.3. The van der Waals surface area contributed by atoms with Crippen molar-refractivity contribution in [3.05, 3.63) is 29.8 Å². The van der Waals surface area contributed by atoms with Crippen LogP contribution in [0.25, 0.3) is 0 Å². The van der Waals surface area contributed by atoms with E-state index in [9.17, 15) is 57.8 Å². The maximum Gasteiger partial charge on any atom is 0.303 e. The van der Waals surface area contributed by atoms with Gasteiger partial charge in [-0.1, -0.05) is 89.2 Å². The Morgan fingerprint density at radius 3 is 1.41 bits per heavy atom. The third-order valence-electron chi connectivity index (χ3n) is 17.0. The van der Waals surface area contributed by atoms with Gasteiger partial charge in [0.25, 0.3) is 0 Å². The highest BCUT2D eigenvalue weighted by Gasteiger charge is 2.30. The quantitative estimate of drug-likeness (QED) is 0.0254. The van der Waals surface area contributed by atoms with E-state index < -0.39 is 41.8 Å². The molecule has 0 fully saturated rings. The number of carbonyl (C=O) groups excluding carboxylic acids is 10. The van der Waals surface area contributed by atoms with Crippen LogP contribution < -0.4 is 49.1 Å². The third kappa shape index (κ3) is 58.0. The van der Waals surface area contributed by atoms with E-state index in [0.717, 1.165) is 44.9 Å². The van der Waals surface area contributed by atoms with Crippen LogP contribution in [0.4, 0.5) is 0 Å². The lowest BCUT2D eigenvalue weighted by Crippen LogP contribution is -2.54. The summed E-state index contributed by atoms with van der Waals surface area (Å²) in [5, 5.41) is 35.0. The van der Waals surface area contributed by atoms with E-state index in [2.05, 4.69) is 36.9 Å². The number of primary amides is 1. The number of nitrogens with two attached hydrogens (primary N) is 3. The molecule has 32 heteroatoms. The number of benzene rings is 1. The van der Waals surface area contributed by atoms with Gasteiger partial charge >= 0.3 is 5.97 Å². The van der Waals surface area contributed by atoms with Crippen molar-refractivity contribution in [1.29, 1.82) is 0 Å². The molecule has 106 heavy (non-hydrogen) atoms. The SMILES string of the molecule is CN[C@@H](CCCCNC(=O)COCCOCCNC(=O)COCCOCCCC(=O)COCCOCCNC(=O)COCCOCCNC(=O)CC[C@H](CC(=O)CCCCCCCCCCCCCCCCC(=O)O)C(C)=O)C(=O)CN(C)[C@@H](CCCN=C(N)N)C(=O)N[C@@H](Cc1ccc(O)cc1)C(N)=O. The highest BCUT2D eigenvalue weighted by molar-refractivity contribution is 5.91. The Kier molecular flexibility index (Phi) is 60.4. The lowest BCUT2D eigenvalue weighted by Gasteiger charge is -2.29. The first-order valence-electron chi connectivity index (χ1n) is 37.9. The summed E-state index contributed by atoms with van der Waals surface area (Å²) in [7, 11) is 3.31. The number of ketones is 4. The van der Waals surface area contributed by atoms with Crippen LogP contribution in [0.5, 0.6) is 5.75 Å². The van der Waals surface area contributed by atoms with Gasteiger partial charge in [-0.25, -0.2) is 0 Å². The number of aromatic hydroxyl groups is 1. The monoisotopic (exact) mass is 1510 g/mol. The average molecular weight is 1510 g/mol. The third-order valence-corrected chi connectivity index (χ3v) is 17.0. The van der Waals surface area contributed by atoms with Gasteiger partial charge in [-0.3, -0.25) is 62.6 Å². The Morgan fingerprint density at radius 1 is 0.472 bits per heavy atom. The number of Topliss-reactive ketones (excluding diaryl/α,β-unsaturated/α-hetero) is 4. The second kappa shape index (κ2) is 66.1. The van der Waals surface area contributed by atoms with E-state index in [1.165, 1.54) is 64.0 Å². The topological polar surface area (TPSA) is 468 Å². The number of phenols is 1. The highest BCUT2D eigenvalue weighted by atomic mass is 16.5. The molecule has 1 aromatic carbocycles. The zero-order valence-electron chi connectivity index (χ0n) is 63.5. The van der Waals surface area contributed by atoms with Gasteiger partial charge in [0.2, 0.25) is 35.4 Å². The summed E-state index contributed by atoms with van der Waals surface area (Å²) in [5.74, 6) is -3.93. The summed E-state index contributed by atoms with van der Waals surface area (Å²) < 4.78 is 43.3. The Bertz CT molecular complexity index is 2620. The Labute approximate surface area is 626 Å². The number of amides is 6. The van der Waals surface area contributed by atoms with Gasteiger partial charge in [-0.15, -0.1) is 0 Å². The summed E-state index contributed by atoms with van der Waals surface area (Å²) in [6.45, 7) is 4.80. The molecule has 14 N–H and O–H groups in total. The molecule has 0 aliphatic rings. The normalized spacial score (nSPS) is 12.4. The van der Waals surface area contributed by atoms with Crippen molar-refractivity contribution in [2.24, 2.45) is 28.1 Å². The van der Waals surface area contributed by atoms with Crippen molar-refractivity contribution in [3.8, 4) is 5.75 Å². The minimum Gasteiger partial charge on any atom is -0.508 e. The predicted octanol–water partition coefficient (Wildman–Crippen LogP) is 2.80. The van der Waals surface area contributed by atoms with Crippen molar-refractivity contribution in [1.82, 2.24) is 36.8 Å². The molecule has 32 nitrogen and oxygen atoms in total. The molecule has 1 aromatic rings. The standard InChI is InChI=1S/C74H129N11O21/c1-57(86)59(51-61(88)22-16-14-12-10-8-6-4-5-7-9-11-13-15-17-26-71(95)96)29-32-67(91)80-35-39-100-44-49-106-56-70(94)81-36-40-101-43-46-103-53-62(89)23-21-38-99-42-47-104-55-69(93)82-37-41-102-45-48-105-54-68(92)79-33-19-18-24-63(78-2)66(90)52-85(3)65(25-20-34-83-74(76)77)73(98)84-64(72(75)97)50-58-27-30-60(87)31-28-58/h27-28,30-31,59,63-65,78,87H,4-26,29,32-56H2,1-3H3,(H2,75,97)(H,79,92)(H,80,91)(H,81,94)(H,82,93)(H,84,98)(H,95,96)(H4,76,77,83)/t59-,63+,64+,65+/m1/s1. The number of aliphatic carboxylic acids is 1. The molecule has 1 rings (SSSR count). The summed E-state index contributed by atoms with van der Waals surface area (Å²) in [6, 6.07) is 3.78. The maximum absolute atomic E-state index is 13.6. The first-order chi connectivity index (χ1) is 51.1. The van der Waals surface area contributed by atoms with Crippen molar-refractivity contribution >= 4 is 70.5 Å². The van der Waals surface area contributed by atoms with Crippen LogP contribution in [-0.4, -0.2) is 263 Å². The van der Waals surface area contributed by atoms with E-state index >= 15 is 0 Å². The fourth-order valence-corrected chi connectivity index (χ4v) is 10.9. The minimum atomic E-state index is -1.05. The van der Waals surface area contributed by atoms with E-state index in [1.807, 2.05) is 0 Å². The van der Waals surface area contributed by atoms with Gasteiger partial charge in [0.15, 0.2) is 17.5 Å². The van der Waals surface area contributed by atoms with Crippen molar-refractivity contribution in [2.75, 3.05) is 159 Å². The number of carbonyl (C=O) groups is 11. The first-order valence-corrected chi connectivity index (χ1v) is 37.9. The number of phenolic OH excluding ortho intramolecular Hbond substituents is 1. The van der Waals surface area contributed by atoms with Crippen LogP contribution in [0.2, 0.25) is 0 Å². The number of hydrogen-bond acceptors (Lipinski definition) is 23. The van der Waals surface area contributed by atoms with Gasteiger partial charge in [0, 0.05) is 83.8 Å². The number of ether oxygens (including phenoxy) is 8. The van der Waals surface area contributed by atoms with E-state index in [4.69, 9.17) is 60.2 Å². The van der Waals surface area contributed by atoms with Crippen LogP contribution >= 0.6 is 0 Å². The first kappa shape index (κ1) is 96.9. The maximum atomic E-state index is 13.6. The number of rotatable bonds is 75. The van der Waals surface area contributed by atoms with E-state index in [1.54, 1.807) is 31.1 Å². The molecule has 0 radical (unpaired) electrons. The van der Waals surface area contributed by atoms with Gasteiger partial charge in [0.1, 0.15) is 49.8 Å². The number of nitrogens with one attached hydrogen (secondary N) is 6. The molecule has 0 spiro atoms. The Hall–Kier alpha value is -7.14. The number of likely N-dealkylation sites (N-methyl/N-ethyl adjacent to an activating group) is 2. The molecule has 0 unspecified atom stereocenters. The van der Waals surface area contributed by atoms with Crippen molar-refractivity contribution in [2.45, 2.75) is 198 Å². The second-order valence-electron chi connectivity index (χ2n) is 26.2. The molecule has 0 saturated heterocycles. The molecule has 606 valence electrons. The van der Waals surface area contributed by atoms with E-state index in [-0.39, 0.29) is 229 Å². The molecule has 0 aliphatic heterocycles. The zero-order valence-corrected chi connectivity index (χ0v) is 63.5. The van der Waals surface area contributed by atoms with Gasteiger partial charge in [-0.05, 0) is 96.5 Å². The summed E-state index contributed by atoms with van der Waals surface area (Å²) in [4.78, 5) is 142. The molecule has 0 bridgehead atoms. The van der Waals surface area contributed by atoms with Gasteiger partial charge < -0.3 is 97.2 Å². The molecule has 0 saturated carbocycles. The summed E-state index contributed by atoms with van der Waals surface area (Å²) >= 11 is 0. The number of aliphatic imine (C=N–C) groups is 1. The van der Waals surface area contributed by atoms with Gasteiger partial charge in [0.05, 0.1) is 91.3 Å². The van der Waals surface area contributed by atoms with Crippen LogP contribution in [0, 0.1) is 5.92 Å². The van der Waals surface area contributed by atoms with Crippen LogP contribution in [0.3, 0.4) is 0 Å². The smallest absolute Gasteiger partial charge is 0.303 e. The largest absolute Gasteiger partial charge is 0.508 e. The number of guanidine groups is 1. The second-order valence-corrected chi connectivity index (χ2v) is 26.2. The highest BCUT2D eigenvalue weighted by Crippen LogP contribution is 2.19.